The molecule has 0 heterocycles. The van der Waals surface area contributed by atoms with E-state index in [2.05, 4.69) is 102 Å². The number of Topliss-reactive ketones (excluding diaryl/α,β-unsaturated/α-hetero) is 1. The Bertz CT molecular complexity index is 1880. The Kier molecular flexibility index (Phi) is 11.9. The van der Waals surface area contributed by atoms with Gasteiger partial charge in [-0.15, -0.1) is 0 Å². The minimum Gasteiger partial charge on any atom is -0.481 e. The zero-order chi connectivity index (χ0) is 42.0. The number of carboxylic acids is 1. The van der Waals surface area contributed by atoms with Gasteiger partial charge in [-0.3, -0.25) is 19.3 Å². The second-order valence-corrected chi connectivity index (χ2v) is 21.8. The number of allylic oxidation sites excluding steroid dienone is 5. The molecule has 0 aliphatic heterocycles. The number of hydrogen-bond acceptors (Lipinski definition) is 5. The van der Waals surface area contributed by atoms with Gasteiger partial charge in [-0.25, -0.2) is 0 Å². The first-order valence-electron chi connectivity index (χ1n) is 22.6. The molecule has 1 aromatic rings. The van der Waals surface area contributed by atoms with Gasteiger partial charge in [0.25, 0.3) is 0 Å². The van der Waals surface area contributed by atoms with E-state index in [0.29, 0.717) is 31.2 Å². The summed E-state index contributed by atoms with van der Waals surface area (Å²) in [5, 5.41) is 13.8. The molecule has 1 amide bonds. The smallest absolute Gasteiger partial charge is 0.306 e. The molecule has 0 aromatic heterocycles. The van der Waals surface area contributed by atoms with Crippen molar-refractivity contribution in [3.63, 3.8) is 0 Å². The van der Waals surface area contributed by atoms with E-state index >= 15 is 0 Å². The molecule has 7 nitrogen and oxygen atoms in total. The number of amides is 1. The standard InChI is InChI=1S/C50H72ClN3O4/c1-32(2)42-39(55)30-50(45(58)52-26-27-54(29-28-53(8)9)31-33-10-16-36(51)17-11-33)25-24-48(6)38(43(42)50)18-19-41-47(5)22-20-37(34-12-14-35(15-13-34)44(56)57)46(3,4)40(47)21-23-49(41,48)7/h10-12,16-17,20,32,35,38,40-41H,13-15,18-19,21-31H2,1-9H3,(H,52,58)(H,56,57)/t35-,38?,40?,41?,47+,48-,49?,50-/m1/s1. The molecule has 318 valence electrons. The van der Waals surface area contributed by atoms with Crippen LogP contribution in [0.4, 0.5) is 0 Å². The van der Waals surface area contributed by atoms with Gasteiger partial charge in [-0.1, -0.05) is 84.4 Å². The van der Waals surface area contributed by atoms with E-state index in [1.807, 2.05) is 12.1 Å². The third kappa shape index (κ3) is 7.19. The van der Waals surface area contributed by atoms with Crippen LogP contribution in [0.1, 0.15) is 125 Å². The number of hydrogen-bond donors (Lipinski definition) is 2. The molecule has 2 N–H and O–H groups in total. The van der Waals surface area contributed by atoms with E-state index in [1.165, 1.54) is 28.7 Å². The van der Waals surface area contributed by atoms with Crippen LogP contribution in [0.2, 0.25) is 5.02 Å². The molecule has 3 saturated carbocycles. The molecule has 4 unspecified atom stereocenters. The SMILES string of the molecule is CC(C)C1=C2C3CCC4C(C)(CCC5C(C)(C)C(C6=CC[C@@H](C(=O)O)CC6)=CC[C@@]54C)[C@]3(C)CC[C@@]2(C(=O)NCCN(CCN(C)C)Cc2ccc(Cl)cc2)CC1=O. The third-order valence-corrected chi connectivity index (χ3v) is 17.7. The van der Waals surface area contributed by atoms with Crippen LogP contribution in [0.15, 0.2) is 58.7 Å². The fourth-order valence-corrected chi connectivity index (χ4v) is 14.4. The Balaban J connectivity index is 1.13. The number of fused-ring (bicyclic) bond motifs is 7. The Morgan fingerprint density at radius 2 is 1.62 bits per heavy atom. The summed E-state index contributed by atoms with van der Waals surface area (Å²) >= 11 is 6.19. The van der Waals surface area contributed by atoms with Crippen LogP contribution in [0.3, 0.4) is 0 Å². The van der Waals surface area contributed by atoms with Crippen molar-refractivity contribution in [3.05, 3.63) is 69.3 Å². The average Bonchev–Trinajstić information content (AvgIpc) is 3.48. The predicted molar refractivity (Wildman–Crippen MR) is 234 cm³/mol. The van der Waals surface area contributed by atoms with Crippen molar-refractivity contribution in [1.29, 1.82) is 0 Å². The van der Waals surface area contributed by atoms with Gasteiger partial charge in [0.15, 0.2) is 5.78 Å². The maximum atomic E-state index is 14.8. The van der Waals surface area contributed by atoms with E-state index < -0.39 is 11.4 Å². The van der Waals surface area contributed by atoms with Crippen molar-refractivity contribution < 1.29 is 19.5 Å². The minimum atomic E-state index is -0.756. The zero-order valence-electron chi connectivity index (χ0n) is 37.1. The molecule has 0 spiro atoms. The summed E-state index contributed by atoms with van der Waals surface area (Å²) in [5.74, 6) is 0.721. The fraction of sp³-hybridized carbons (Fsp3) is 0.700. The van der Waals surface area contributed by atoms with Crippen LogP contribution in [-0.4, -0.2) is 72.8 Å². The topological polar surface area (TPSA) is 89.9 Å². The fourth-order valence-electron chi connectivity index (χ4n) is 14.3. The first-order valence-corrected chi connectivity index (χ1v) is 23.0. The number of carbonyl (C=O) groups is 3. The lowest BCUT2D eigenvalue weighted by molar-refractivity contribution is -0.199. The lowest BCUT2D eigenvalue weighted by atomic mass is 9.33. The van der Waals surface area contributed by atoms with Crippen molar-refractivity contribution in [2.24, 2.45) is 56.7 Å². The number of nitrogens with zero attached hydrogens (tertiary/aromatic N) is 2. The van der Waals surface area contributed by atoms with Gasteiger partial charge < -0.3 is 15.3 Å². The highest BCUT2D eigenvalue weighted by molar-refractivity contribution is 6.30. The van der Waals surface area contributed by atoms with Crippen molar-refractivity contribution in [1.82, 2.24) is 15.1 Å². The van der Waals surface area contributed by atoms with Crippen molar-refractivity contribution in [2.45, 2.75) is 126 Å². The summed E-state index contributed by atoms with van der Waals surface area (Å²) in [4.78, 5) is 45.4. The summed E-state index contributed by atoms with van der Waals surface area (Å²) < 4.78 is 0. The molecule has 0 bridgehead atoms. The van der Waals surface area contributed by atoms with E-state index in [9.17, 15) is 19.5 Å². The molecule has 6 aliphatic carbocycles. The van der Waals surface area contributed by atoms with Crippen molar-refractivity contribution >= 4 is 29.3 Å². The number of halogens is 1. The normalized spacial score (nSPS) is 35.6. The second kappa shape index (κ2) is 15.9. The van der Waals surface area contributed by atoms with Gasteiger partial charge >= 0.3 is 5.97 Å². The Morgan fingerprint density at radius 3 is 2.26 bits per heavy atom. The summed E-state index contributed by atoms with van der Waals surface area (Å²) in [6.45, 7) is 20.9. The number of carbonyl (C=O) groups excluding carboxylic acids is 2. The van der Waals surface area contributed by atoms with Crippen LogP contribution >= 0.6 is 11.6 Å². The van der Waals surface area contributed by atoms with E-state index in [4.69, 9.17) is 11.6 Å². The Labute approximate surface area is 354 Å². The van der Waals surface area contributed by atoms with Gasteiger partial charge in [0.2, 0.25) is 5.91 Å². The number of rotatable bonds is 12. The average molecular weight is 815 g/mol. The van der Waals surface area contributed by atoms with Crippen molar-refractivity contribution in [3.8, 4) is 0 Å². The quantitative estimate of drug-likeness (QED) is 0.219. The highest BCUT2D eigenvalue weighted by atomic mass is 35.5. The monoisotopic (exact) mass is 814 g/mol. The number of carboxylic acid groups (broad SMARTS) is 1. The van der Waals surface area contributed by atoms with Gasteiger partial charge in [0, 0.05) is 44.2 Å². The Hall–Kier alpha value is -2.74. The second-order valence-electron chi connectivity index (χ2n) is 21.3. The molecular formula is C50H72ClN3O4. The summed E-state index contributed by atoms with van der Waals surface area (Å²) in [7, 11) is 4.18. The summed E-state index contributed by atoms with van der Waals surface area (Å²) in [6.07, 6.45) is 14.6. The first kappa shape index (κ1) is 43.4. The molecule has 0 radical (unpaired) electrons. The van der Waals surface area contributed by atoms with Crippen LogP contribution in [0.25, 0.3) is 0 Å². The van der Waals surface area contributed by atoms with E-state index in [-0.39, 0.29) is 51.1 Å². The minimum absolute atomic E-state index is 0.00978. The first-order chi connectivity index (χ1) is 27.3. The molecule has 58 heavy (non-hydrogen) atoms. The third-order valence-electron chi connectivity index (χ3n) is 17.4. The zero-order valence-corrected chi connectivity index (χ0v) is 37.9. The van der Waals surface area contributed by atoms with E-state index in [0.717, 1.165) is 88.1 Å². The molecule has 8 heteroatoms. The Morgan fingerprint density at radius 1 is 0.897 bits per heavy atom. The van der Waals surface area contributed by atoms with Crippen LogP contribution < -0.4 is 5.32 Å². The molecular weight excluding hydrogens is 742 g/mol. The van der Waals surface area contributed by atoms with Crippen LogP contribution in [0.5, 0.6) is 0 Å². The maximum absolute atomic E-state index is 14.8. The molecule has 6 aliphatic rings. The summed E-state index contributed by atoms with van der Waals surface area (Å²) in [5.41, 5.74) is 5.70. The molecule has 3 fully saturated rings. The number of ketones is 1. The van der Waals surface area contributed by atoms with Crippen LogP contribution in [0, 0.1) is 56.7 Å². The number of nitrogens with one attached hydrogen (secondary N) is 1. The van der Waals surface area contributed by atoms with Gasteiger partial charge in [0.1, 0.15) is 0 Å². The number of benzene rings is 1. The highest BCUT2D eigenvalue weighted by Crippen LogP contribution is 2.76. The lowest BCUT2D eigenvalue weighted by Crippen LogP contribution is -2.64. The van der Waals surface area contributed by atoms with Gasteiger partial charge in [-0.2, -0.15) is 0 Å². The van der Waals surface area contributed by atoms with Gasteiger partial charge in [-0.05, 0) is 164 Å². The van der Waals surface area contributed by atoms with Crippen LogP contribution in [-0.2, 0) is 20.9 Å². The van der Waals surface area contributed by atoms with Crippen molar-refractivity contribution in [2.75, 3.05) is 40.3 Å². The summed E-state index contributed by atoms with van der Waals surface area (Å²) in [6, 6.07) is 8.04. The largest absolute Gasteiger partial charge is 0.481 e. The lowest BCUT2D eigenvalue weighted by Gasteiger charge is -2.71. The number of aliphatic carboxylic acids is 1. The molecule has 7 rings (SSSR count). The predicted octanol–water partition coefficient (Wildman–Crippen LogP) is 10.1. The number of likely N-dealkylation sites (N-methyl/N-ethyl adjacent to an activating group) is 1. The van der Waals surface area contributed by atoms with E-state index in [1.54, 1.807) is 0 Å². The molecule has 8 atom stereocenters. The molecule has 0 saturated heterocycles. The highest BCUT2D eigenvalue weighted by Gasteiger charge is 2.70. The maximum Gasteiger partial charge on any atom is 0.306 e. The van der Waals surface area contributed by atoms with Gasteiger partial charge in [0.05, 0.1) is 11.3 Å². The molecule has 1 aromatic carbocycles.